The molecule has 0 spiro atoms. The molecule has 1 aromatic heterocycles. The lowest BCUT2D eigenvalue weighted by Gasteiger charge is -2.42. The lowest BCUT2D eigenvalue weighted by atomic mass is 9.96. The Morgan fingerprint density at radius 3 is 2.62 bits per heavy atom. The van der Waals surface area contributed by atoms with Crippen molar-refractivity contribution in [1.82, 2.24) is 19.4 Å². The lowest BCUT2D eigenvalue weighted by Crippen LogP contribution is -2.56. The van der Waals surface area contributed by atoms with Gasteiger partial charge in [0.2, 0.25) is 10.0 Å². The summed E-state index contributed by atoms with van der Waals surface area (Å²) < 4.78 is 34.1. The summed E-state index contributed by atoms with van der Waals surface area (Å²) >= 11 is 0. The van der Waals surface area contributed by atoms with Gasteiger partial charge in [-0.2, -0.15) is 5.10 Å². The summed E-state index contributed by atoms with van der Waals surface area (Å²) in [4.78, 5) is 2.49. The molecular formula is C13H24N4O3S. The van der Waals surface area contributed by atoms with Crippen molar-refractivity contribution in [3.05, 3.63) is 12.4 Å². The van der Waals surface area contributed by atoms with Crippen LogP contribution in [0.4, 0.5) is 0 Å². The zero-order chi connectivity index (χ0) is 15.5. The zero-order valence-electron chi connectivity index (χ0n) is 12.9. The maximum absolute atomic E-state index is 12.3. The number of aromatic nitrogens is 2. The Labute approximate surface area is 126 Å². The molecule has 1 fully saturated rings. The van der Waals surface area contributed by atoms with Gasteiger partial charge >= 0.3 is 0 Å². The van der Waals surface area contributed by atoms with Gasteiger partial charge in [-0.3, -0.25) is 9.58 Å². The molecule has 2 rings (SSSR count). The molecule has 120 valence electrons. The number of hydrogen-bond acceptors (Lipinski definition) is 5. The van der Waals surface area contributed by atoms with Crippen molar-refractivity contribution in [3.8, 4) is 0 Å². The molecular weight excluding hydrogens is 292 g/mol. The van der Waals surface area contributed by atoms with E-state index in [0.29, 0.717) is 19.8 Å². The molecule has 2 heterocycles. The smallest absolute Gasteiger partial charge is 0.243 e. The third kappa shape index (κ3) is 3.82. The minimum absolute atomic E-state index is 0.199. The number of nitrogens with zero attached hydrogens (tertiary/aromatic N) is 3. The molecule has 0 saturated carbocycles. The number of aryl methyl sites for hydroxylation is 1. The summed E-state index contributed by atoms with van der Waals surface area (Å²) in [6, 6.07) is 0. The predicted molar refractivity (Wildman–Crippen MR) is 79.5 cm³/mol. The molecule has 21 heavy (non-hydrogen) atoms. The maximum atomic E-state index is 12.3. The average Bonchev–Trinajstić information content (AvgIpc) is 2.93. The second kappa shape index (κ2) is 6.43. The van der Waals surface area contributed by atoms with E-state index in [1.54, 1.807) is 7.05 Å². The van der Waals surface area contributed by atoms with E-state index in [9.17, 15) is 8.42 Å². The van der Waals surface area contributed by atoms with E-state index in [0.717, 1.165) is 19.5 Å². The fraction of sp³-hybridized carbons (Fsp3) is 0.769. The lowest BCUT2D eigenvalue weighted by molar-refractivity contribution is -0.0157. The fourth-order valence-corrected chi connectivity index (χ4v) is 3.58. The van der Waals surface area contributed by atoms with Crippen LogP contribution in [0.5, 0.6) is 0 Å². The number of rotatable bonds is 6. The summed E-state index contributed by atoms with van der Waals surface area (Å²) in [6.07, 6.45) is 3.73. The quantitative estimate of drug-likeness (QED) is 0.811. The summed E-state index contributed by atoms with van der Waals surface area (Å²) in [5, 5.41) is 3.91. The van der Waals surface area contributed by atoms with Gasteiger partial charge in [0.05, 0.1) is 19.4 Å². The highest BCUT2D eigenvalue weighted by atomic mass is 32.2. The topological polar surface area (TPSA) is 76.5 Å². The first-order valence-corrected chi connectivity index (χ1v) is 8.67. The third-order valence-electron chi connectivity index (χ3n) is 4.17. The molecule has 0 aromatic carbocycles. The summed E-state index contributed by atoms with van der Waals surface area (Å²) in [5.74, 6) is 0. The number of hydrogen-bond donors (Lipinski definition) is 1. The molecule has 0 amide bonds. The molecule has 0 bridgehead atoms. The second-order valence-corrected chi connectivity index (χ2v) is 7.39. The van der Waals surface area contributed by atoms with Crippen LogP contribution in [0, 0.1) is 0 Å². The Morgan fingerprint density at radius 1 is 1.43 bits per heavy atom. The summed E-state index contributed by atoms with van der Waals surface area (Å²) in [5.41, 5.74) is -0.209. The van der Waals surface area contributed by atoms with Gasteiger partial charge in [-0.15, -0.1) is 0 Å². The Kier molecular flexibility index (Phi) is 5.03. The van der Waals surface area contributed by atoms with Crippen LogP contribution in [0.2, 0.25) is 0 Å². The highest BCUT2D eigenvalue weighted by Crippen LogP contribution is 2.21. The van der Waals surface area contributed by atoms with Gasteiger partial charge in [0, 0.05) is 38.4 Å². The second-order valence-electron chi connectivity index (χ2n) is 5.62. The third-order valence-corrected chi connectivity index (χ3v) is 5.53. The molecule has 1 N–H and O–H groups in total. The van der Waals surface area contributed by atoms with Crippen LogP contribution in [0.15, 0.2) is 17.3 Å². The number of sulfonamides is 1. The molecule has 8 heteroatoms. The van der Waals surface area contributed by atoms with Crippen LogP contribution >= 0.6 is 0 Å². The van der Waals surface area contributed by atoms with Gasteiger partial charge in [-0.05, 0) is 13.3 Å². The number of nitrogens with one attached hydrogen (secondary N) is 1. The van der Waals surface area contributed by atoms with Crippen LogP contribution < -0.4 is 4.72 Å². The van der Waals surface area contributed by atoms with E-state index in [2.05, 4.69) is 28.6 Å². The number of ether oxygens (including phenoxy) is 1. The molecule has 0 aliphatic carbocycles. The summed E-state index contributed by atoms with van der Waals surface area (Å²) in [7, 11) is -1.82. The molecule has 0 unspecified atom stereocenters. The largest absolute Gasteiger partial charge is 0.379 e. The van der Waals surface area contributed by atoms with Gasteiger partial charge in [0.25, 0.3) is 0 Å². The maximum Gasteiger partial charge on any atom is 0.243 e. The SMILES string of the molecule is CC[C@](C)(CNS(=O)(=O)c1cnn(C)c1)N1CCOCC1. The van der Waals surface area contributed by atoms with Gasteiger partial charge in [-0.25, -0.2) is 13.1 Å². The Morgan fingerprint density at radius 2 is 2.10 bits per heavy atom. The monoisotopic (exact) mass is 316 g/mol. The minimum atomic E-state index is -3.51. The molecule has 1 aromatic rings. The molecule has 7 nitrogen and oxygen atoms in total. The van der Waals surface area contributed by atoms with Crippen molar-refractivity contribution in [1.29, 1.82) is 0 Å². The van der Waals surface area contributed by atoms with Crippen LogP contribution in [-0.4, -0.2) is 61.5 Å². The Bertz CT molecular complexity index is 566. The van der Waals surface area contributed by atoms with Gasteiger partial charge < -0.3 is 4.74 Å². The molecule has 1 aliphatic heterocycles. The van der Waals surface area contributed by atoms with Crippen LogP contribution in [0.1, 0.15) is 20.3 Å². The van der Waals surface area contributed by atoms with E-state index >= 15 is 0 Å². The van der Waals surface area contributed by atoms with Crippen LogP contribution in [0.25, 0.3) is 0 Å². The van der Waals surface area contributed by atoms with Crippen molar-refractivity contribution in [2.75, 3.05) is 32.8 Å². The van der Waals surface area contributed by atoms with E-state index < -0.39 is 10.0 Å². The molecule has 1 aliphatic rings. The van der Waals surface area contributed by atoms with E-state index in [1.165, 1.54) is 17.1 Å². The standard InChI is InChI=1S/C13H24N4O3S/c1-4-13(2,17-5-7-20-8-6-17)11-15-21(18,19)12-9-14-16(3)10-12/h9-10,15H,4-8,11H2,1-3H3/t13-/m1/s1. The highest BCUT2D eigenvalue weighted by Gasteiger charge is 2.32. The van der Waals surface area contributed by atoms with Crippen molar-refractivity contribution in [2.24, 2.45) is 7.05 Å². The normalized spacial score (nSPS) is 20.3. The summed E-state index contributed by atoms with van der Waals surface area (Å²) in [6.45, 7) is 7.60. The Balaban J connectivity index is 2.05. The van der Waals surface area contributed by atoms with Gasteiger partial charge in [0.1, 0.15) is 4.90 Å². The van der Waals surface area contributed by atoms with Crippen LogP contribution in [0.3, 0.4) is 0 Å². The van der Waals surface area contributed by atoms with Gasteiger partial charge in [-0.1, -0.05) is 6.92 Å². The minimum Gasteiger partial charge on any atom is -0.379 e. The highest BCUT2D eigenvalue weighted by molar-refractivity contribution is 7.89. The number of morpholine rings is 1. The van der Waals surface area contributed by atoms with Crippen LogP contribution in [-0.2, 0) is 21.8 Å². The predicted octanol–water partition coefficient (Wildman–Crippen LogP) is 0.199. The first-order chi connectivity index (χ1) is 9.87. The molecule has 1 atom stereocenters. The molecule has 1 saturated heterocycles. The molecule has 0 radical (unpaired) electrons. The zero-order valence-corrected chi connectivity index (χ0v) is 13.7. The van der Waals surface area contributed by atoms with E-state index in [4.69, 9.17) is 4.74 Å². The first-order valence-electron chi connectivity index (χ1n) is 7.18. The van der Waals surface area contributed by atoms with Crippen molar-refractivity contribution in [3.63, 3.8) is 0 Å². The van der Waals surface area contributed by atoms with Crippen molar-refractivity contribution < 1.29 is 13.2 Å². The van der Waals surface area contributed by atoms with Gasteiger partial charge in [0.15, 0.2) is 0 Å². The van der Waals surface area contributed by atoms with Crippen molar-refractivity contribution >= 4 is 10.0 Å². The Hall–Kier alpha value is -0.960. The van der Waals surface area contributed by atoms with E-state index in [-0.39, 0.29) is 10.4 Å². The van der Waals surface area contributed by atoms with Crippen molar-refractivity contribution in [2.45, 2.75) is 30.7 Å². The van der Waals surface area contributed by atoms with E-state index in [1.807, 2.05) is 0 Å². The first kappa shape index (κ1) is 16.4. The average molecular weight is 316 g/mol. The fourth-order valence-electron chi connectivity index (χ4n) is 2.43.